The first-order chi connectivity index (χ1) is 10.4. The molecule has 1 aromatic carbocycles. The third-order valence-electron chi connectivity index (χ3n) is 3.00. The topological polar surface area (TPSA) is 101 Å². The van der Waals surface area contributed by atoms with Crippen molar-refractivity contribution in [2.45, 2.75) is 19.2 Å². The van der Waals surface area contributed by atoms with Crippen LogP contribution in [0.25, 0.3) is 0 Å². The summed E-state index contributed by atoms with van der Waals surface area (Å²) in [5.74, 6) is 0.174. The molecule has 118 valence electrons. The molecule has 0 aliphatic heterocycles. The van der Waals surface area contributed by atoms with Crippen molar-refractivity contribution < 1.29 is 17.7 Å². The van der Waals surface area contributed by atoms with Crippen LogP contribution in [0.5, 0.6) is 0 Å². The minimum Gasteiger partial charge on any atom is -0.361 e. The number of benzene rings is 1. The van der Waals surface area contributed by atoms with E-state index in [4.69, 9.17) is 4.52 Å². The zero-order chi connectivity index (χ0) is 16.2. The van der Waals surface area contributed by atoms with Crippen molar-refractivity contribution >= 4 is 15.9 Å². The van der Waals surface area contributed by atoms with Crippen LogP contribution in [-0.4, -0.2) is 26.5 Å². The Hall–Kier alpha value is -2.19. The van der Waals surface area contributed by atoms with Gasteiger partial charge < -0.3 is 9.84 Å². The second-order valence-electron chi connectivity index (χ2n) is 4.79. The molecule has 2 N–H and O–H groups in total. The van der Waals surface area contributed by atoms with E-state index in [1.54, 1.807) is 37.3 Å². The molecule has 7 nitrogen and oxygen atoms in total. The SMILES string of the molecule is CNS(=O)(=O)Cc1ccc(CNC(=O)c2cc(C)on2)cc1. The molecule has 22 heavy (non-hydrogen) atoms. The summed E-state index contributed by atoms with van der Waals surface area (Å²) in [7, 11) is -1.90. The molecular formula is C14H17N3O4S. The lowest BCUT2D eigenvalue weighted by atomic mass is 10.1. The highest BCUT2D eigenvalue weighted by atomic mass is 32.2. The number of carbonyl (C=O) groups excluding carboxylic acids is 1. The predicted molar refractivity (Wildman–Crippen MR) is 80.5 cm³/mol. The smallest absolute Gasteiger partial charge is 0.273 e. The summed E-state index contributed by atoms with van der Waals surface area (Å²) in [5, 5.41) is 6.35. The first kappa shape index (κ1) is 16.2. The van der Waals surface area contributed by atoms with E-state index in [-0.39, 0.29) is 17.4 Å². The zero-order valence-corrected chi connectivity index (χ0v) is 13.1. The second-order valence-corrected chi connectivity index (χ2v) is 6.71. The van der Waals surface area contributed by atoms with Gasteiger partial charge in [0.15, 0.2) is 5.69 Å². The molecular weight excluding hydrogens is 306 g/mol. The van der Waals surface area contributed by atoms with Gasteiger partial charge in [0.1, 0.15) is 5.76 Å². The van der Waals surface area contributed by atoms with Crippen LogP contribution >= 0.6 is 0 Å². The van der Waals surface area contributed by atoms with Gasteiger partial charge in [0.05, 0.1) is 5.75 Å². The summed E-state index contributed by atoms with van der Waals surface area (Å²) in [6.07, 6.45) is 0. The van der Waals surface area contributed by atoms with Gasteiger partial charge in [-0.05, 0) is 25.1 Å². The number of carbonyl (C=O) groups is 1. The maximum absolute atomic E-state index is 11.8. The number of amides is 1. The molecule has 2 aromatic rings. The summed E-state index contributed by atoms with van der Waals surface area (Å²) in [5.41, 5.74) is 1.77. The Balaban J connectivity index is 1.93. The highest BCUT2D eigenvalue weighted by Gasteiger charge is 2.11. The average molecular weight is 323 g/mol. The van der Waals surface area contributed by atoms with E-state index in [9.17, 15) is 13.2 Å². The van der Waals surface area contributed by atoms with Gasteiger partial charge in [-0.25, -0.2) is 13.1 Å². The molecule has 0 aliphatic carbocycles. The van der Waals surface area contributed by atoms with Crippen molar-refractivity contribution in [3.63, 3.8) is 0 Å². The monoisotopic (exact) mass is 323 g/mol. The summed E-state index contributed by atoms with van der Waals surface area (Å²) >= 11 is 0. The van der Waals surface area contributed by atoms with Crippen LogP contribution < -0.4 is 10.0 Å². The molecule has 1 amide bonds. The highest BCUT2D eigenvalue weighted by molar-refractivity contribution is 7.88. The van der Waals surface area contributed by atoms with Crippen LogP contribution in [0.2, 0.25) is 0 Å². The molecule has 8 heteroatoms. The lowest BCUT2D eigenvalue weighted by molar-refractivity contribution is 0.0942. The van der Waals surface area contributed by atoms with E-state index in [0.717, 1.165) is 5.56 Å². The van der Waals surface area contributed by atoms with Gasteiger partial charge in [-0.3, -0.25) is 4.79 Å². The Morgan fingerprint density at radius 3 is 2.41 bits per heavy atom. The van der Waals surface area contributed by atoms with Gasteiger partial charge in [-0.1, -0.05) is 29.4 Å². The highest BCUT2D eigenvalue weighted by Crippen LogP contribution is 2.08. The van der Waals surface area contributed by atoms with Crippen molar-refractivity contribution in [1.82, 2.24) is 15.2 Å². The Bertz CT molecular complexity index is 751. The largest absolute Gasteiger partial charge is 0.361 e. The number of hydrogen-bond acceptors (Lipinski definition) is 5. The van der Waals surface area contributed by atoms with Crippen LogP contribution in [0.4, 0.5) is 0 Å². The average Bonchev–Trinajstić information content (AvgIpc) is 2.92. The van der Waals surface area contributed by atoms with Crippen LogP contribution in [0.3, 0.4) is 0 Å². The van der Waals surface area contributed by atoms with Crippen molar-refractivity contribution in [3.8, 4) is 0 Å². The number of nitrogens with one attached hydrogen (secondary N) is 2. The van der Waals surface area contributed by atoms with Crippen LogP contribution in [-0.2, 0) is 22.3 Å². The molecule has 0 atom stereocenters. The van der Waals surface area contributed by atoms with Crippen LogP contribution in [0.15, 0.2) is 34.9 Å². The van der Waals surface area contributed by atoms with E-state index in [0.29, 0.717) is 17.9 Å². The minimum absolute atomic E-state index is 0.0750. The molecule has 0 saturated heterocycles. The standard InChI is InChI=1S/C14H17N3O4S/c1-10-7-13(17-21-10)14(18)16-8-11-3-5-12(6-4-11)9-22(19,20)15-2/h3-7,15H,8-9H2,1-2H3,(H,16,18). The molecule has 0 radical (unpaired) electrons. The van der Waals surface area contributed by atoms with E-state index >= 15 is 0 Å². The van der Waals surface area contributed by atoms with Crippen molar-refractivity contribution in [2.24, 2.45) is 0 Å². The number of aryl methyl sites for hydroxylation is 1. The van der Waals surface area contributed by atoms with Crippen molar-refractivity contribution in [2.75, 3.05) is 7.05 Å². The number of sulfonamides is 1. The molecule has 1 heterocycles. The lowest BCUT2D eigenvalue weighted by Gasteiger charge is -2.06. The maximum atomic E-state index is 11.8. The van der Waals surface area contributed by atoms with E-state index < -0.39 is 10.0 Å². The summed E-state index contributed by atoms with van der Waals surface area (Å²) in [4.78, 5) is 11.8. The Labute approximate surface area is 128 Å². The number of rotatable bonds is 6. The number of hydrogen-bond donors (Lipinski definition) is 2. The fraction of sp³-hybridized carbons (Fsp3) is 0.286. The normalized spacial score (nSPS) is 11.4. The van der Waals surface area contributed by atoms with Gasteiger partial charge in [-0.15, -0.1) is 0 Å². The Kier molecular flexibility index (Phi) is 4.94. The van der Waals surface area contributed by atoms with Crippen molar-refractivity contribution in [3.05, 3.63) is 52.9 Å². The minimum atomic E-state index is -3.28. The zero-order valence-electron chi connectivity index (χ0n) is 12.3. The molecule has 1 aromatic heterocycles. The van der Waals surface area contributed by atoms with Gasteiger partial charge >= 0.3 is 0 Å². The predicted octanol–water partition coefficient (Wildman–Crippen LogP) is 0.962. The third-order valence-corrected chi connectivity index (χ3v) is 4.34. The van der Waals surface area contributed by atoms with Gasteiger partial charge in [0, 0.05) is 12.6 Å². The van der Waals surface area contributed by atoms with Gasteiger partial charge in [0.2, 0.25) is 10.0 Å². The first-order valence-electron chi connectivity index (χ1n) is 6.60. The Morgan fingerprint density at radius 2 is 1.86 bits per heavy atom. The third kappa shape index (κ3) is 4.40. The van der Waals surface area contributed by atoms with Crippen molar-refractivity contribution in [1.29, 1.82) is 0 Å². The van der Waals surface area contributed by atoms with Gasteiger partial charge in [0.25, 0.3) is 5.91 Å². The summed E-state index contributed by atoms with van der Waals surface area (Å²) in [6.45, 7) is 2.03. The number of aromatic nitrogens is 1. The molecule has 0 spiro atoms. The summed E-state index contributed by atoms with van der Waals surface area (Å²) in [6, 6.07) is 8.54. The van der Waals surface area contributed by atoms with E-state index in [1.165, 1.54) is 7.05 Å². The van der Waals surface area contributed by atoms with Gasteiger partial charge in [-0.2, -0.15) is 0 Å². The molecule has 0 aliphatic rings. The van der Waals surface area contributed by atoms with Crippen LogP contribution in [0.1, 0.15) is 27.4 Å². The van der Waals surface area contributed by atoms with Crippen LogP contribution in [0, 0.1) is 6.92 Å². The molecule has 0 saturated carbocycles. The lowest BCUT2D eigenvalue weighted by Crippen LogP contribution is -2.23. The Morgan fingerprint density at radius 1 is 1.23 bits per heavy atom. The maximum Gasteiger partial charge on any atom is 0.273 e. The number of nitrogens with zero attached hydrogens (tertiary/aromatic N) is 1. The molecule has 0 unspecified atom stereocenters. The van der Waals surface area contributed by atoms with E-state index in [1.807, 2.05) is 0 Å². The molecule has 2 rings (SSSR count). The van der Waals surface area contributed by atoms with E-state index in [2.05, 4.69) is 15.2 Å². The fourth-order valence-electron chi connectivity index (χ4n) is 1.79. The fourth-order valence-corrected chi connectivity index (χ4v) is 2.57. The molecule has 0 fully saturated rings. The quantitative estimate of drug-likeness (QED) is 0.824. The molecule has 0 bridgehead atoms. The summed E-state index contributed by atoms with van der Waals surface area (Å²) < 4.78 is 30.0. The second kappa shape index (κ2) is 6.71. The first-order valence-corrected chi connectivity index (χ1v) is 8.25.